The van der Waals surface area contributed by atoms with Crippen molar-refractivity contribution in [2.24, 2.45) is 0 Å². The quantitative estimate of drug-likeness (QED) is 0.0320. The Hall–Kier alpha value is -1.40. The molecule has 0 aliphatic carbocycles. The molecule has 3 N–H and O–H groups in total. The van der Waals surface area contributed by atoms with E-state index in [0.29, 0.717) is 25.9 Å². The molecule has 0 aliphatic rings. The van der Waals surface area contributed by atoms with Crippen LogP contribution in [0.4, 0.5) is 0 Å². The Morgan fingerprint density at radius 3 is 0.910 bits per heavy atom. The average Bonchev–Trinajstić information content (AvgIpc) is 3.44. The summed E-state index contributed by atoms with van der Waals surface area (Å²) in [4.78, 5) is 24.6. The van der Waals surface area contributed by atoms with Crippen LogP contribution in [-0.2, 0) is 14.3 Å². The second kappa shape index (κ2) is 68.1. The second-order valence-electron chi connectivity index (χ2n) is 24.9. The van der Waals surface area contributed by atoms with Crippen LogP contribution < -0.4 is 5.32 Å². The molecule has 464 valence electrons. The maximum atomic E-state index is 12.5. The monoisotopic (exact) mass is 1100 g/mol. The number of rotatable bonds is 68. The Morgan fingerprint density at radius 1 is 0.346 bits per heavy atom. The number of carbonyl (C=O) groups is 2. The topological polar surface area (TPSA) is 95.9 Å². The predicted octanol–water partition coefficient (Wildman–Crippen LogP) is 23.1. The van der Waals surface area contributed by atoms with Gasteiger partial charge in [-0.25, -0.2) is 0 Å². The summed E-state index contributed by atoms with van der Waals surface area (Å²) < 4.78 is 5.51. The van der Waals surface area contributed by atoms with Gasteiger partial charge in [0.2, 0.25) is 5.91 Å². The van der Waals surface area contributed by atoms with Crippen molar-refractivity contribution in [2.75, 3.05) is 13.2 Å². The van der Waals surface area contributed by atoms with E-state index in [0.717, 1.165) is 38.5 Å². The minimum Gasteiger partial charge on any atom is -0.466 e. The molecule has 6 heteroatoms. The van der Waals surface area contributed by atoms with E-state index in [9.17, 15) is 19.8 Å². The Labute approximate surface area is 489 Å². The molecule has 0 aromatic carbocycles. The van der Waals surface area contributed by atoms with Gasteiger partial charge in [-0.3, -0.25) is 9.59 Å². The van der Waals surface area contributed by atoms with Gasteiger partial charge in [-0.1, -0.05) is 360 Å². The Balaban J connectivity index is 3.34. The molecule has 0 rings (SSSR count). The zero-order valence-corrected chi connectivity index (χ0v) is 53.2. The van der Waals surface area contributed by atoms with Gasteiger partial charge in [-0.05, 0) is 51.4 Å². The molecule has 1 amide bonds. The highest BCUT2D eigenvalue weighted by Crippen LogP contribution is 2.19. The molecule has 0 heterocycles. The summed E-state index contributed by atoms with van der Waals surface area (Å²) in [5, 5.41) is 23.3. The number of unbranched alkanes of at least 4 members (excludes halogenated alkanes) is 55. The molecule has 0 bridgehead atoms. The molecule has 0 radical (unpaired) electrons. The van der Waals surface area contributed by atoms with E-state index in [-0.39, 0.29) is 18.5 Å². The highest BCUT2D eigenvalue weighted by Gasteiger charge is 2.20. The summed E-state index contributed by atoms with van der Waals surface area (Å²) in [5.74, 6) is -0.00930. The van der Waals surface area contributed by atoms with Crippen molar-refractivity contribution >= 4 is 11.9 Å². The summed E-state index contributed by atoms with van der Waals surface area (Å²) >= 11 is 0. The van der Waals surface area contributed by atoms with Gasteiger partial charge >= 0.3 is 5.97 Å². The molecule has 2 unspecified atom stereocenters. The molecule has 0 aromatic rings. The van der Waals surface area contributed by atoms with Gasteiger partial charge in [-0.2, -0.15) is 0 Å². The lowest BCUT2D eigenvalue weighted by atomic mass is 10.0. The number of hydrogen-bond donors (Lipinski definition) is 3. The van der Waals surface area contributed by atoms with Gasteiger partial charge in [0.25, 0.3) is 0 Å². The van der Waals surface area contributed by atoms with Crippen LogP contribution in [0.5, 0.6) is 0 Å². The van der Waals surface area contributed by atoms with Crippen LogP contribution in [0.1, 0.15) is 412 Å². The zero-order valence-electron chi connectivity index (χ0n) is 53.2. The van der Waals surface area contributed by atoms with Crippen molar-refractivity contribution in [1.82, 2.24) is 5.32 Å². The highest BCUT2D eigenvalue weighted by atomic mass is 16.5. The maximum absolute atomic E-state index is 12.5. The summed E-state index contributed by atoms with van der Waals surface area (Å²) in [6, 6.07) is -0.540. The van der Waals surface area contributed by atoms with Crippen molar-refractivity contribution in [3.63, 3.8) is 0 Å². The summed E-state index contributed by atoms with van der Waals surface area (Å²) in [7, 11) is 0. The fraction of sp³-hybridized carbons (Fsp3) is 0.944. The first-order valence-electron chi connectivity index (χ1n) is 35.9. The molecule has 2 atom stereocenters. The maximum Gasteiger partial charge on any atom is 0.305 e. The SMILES string of the molecule is CCCCCCCCCCCCCCCCCCCC(=O)OCCCCCCCCCCCCCC/C=C\CCCCCCCCCCCCCCCC(=O)NC(CO)C(O)CCCCCCCCCCCCCCCCC. The number of carbonyl (C=O) groups excluding carboxylic acids is 2. The molecular weight excluding hydrogens is 959 g/mol. The summed E-state index contributed by atoms with van der Waals surface area (Å²) in [6.45, 7) is 5.00. The van der Waals surface area contributed by atoms with Crippen molar-refractivity contribution in [3.8, 4) is 0 Å². The molecule has 0 spiro atoms. The number of amides is 1. The molecule has 0 saturated carbocycles. The van der Waals surface area contributed by atoms with Gasteiger partial charge in [-0.15, -0.1) is 0 Å². The van der Waals surface area contributed by atoms with E-state index < -0.39 is 12.1 Å². The van der Waals surface area contributed by atoms with Crippen LogP contribution in [0, 0.1) is 0 Å². The van der Waals surface area contributed by atoms with Crippen LogP contribution in [0.2, 0.25) is 0 Å². The summed E-state index contributed by atoms with van der Waals surface area (Å²) in [6.07, 6.45) is 84.1. The first kappa shape index (κ1) is 76.6. The van der Waals surface area contributed by atoms with Gasteiger partial charge in [0.15, 0.2) is 0 Å². The first-order chi connectivity index (χ1) is 38.5. The van der Waals surface area contributed by atoms with Crippen molar-refractivity contribution < 1.29 is 24.5 Å². The van der Waals surface area contributed by atoms with Crippen molar-refractivity contribution in [3.05, 3.63) is 12.2 Å². The van der Waals surface area contributed by atoms with E-state index in [4.69, 9.17) is 4.74 Å². The number of ether oxygens (including phenoxy) is 1. The van der Waals surface area contributed by atoms with Crippen LogP contribution in [0.3, 0.4) is 0 Å². The molecule has 0 saturated heterocycles. The van der Waals surface area contributed by atoms with Gasteiger partial charge in [0.1, 0.15) is 0 Å². The van der Waals surface area contributed by atoms with Crippen LogP contribution in [0.25, 0.3) is 0 Å². The van der Waals surface area contributed by atoms with Gasteiger partial charge < -0.3 is 20.3 Å². The largest absolute Gasteiger partial charge is 0.466 e. The van der Waals surface area contributed by atoms with E-state index in [1.807, 2.05) is 0 Å². The molecule has 6 nitrogen and oxygen atoms in total. The third-order valence-corrected chi connectivity index (χ3v) is 17.1. The molecular formula is C72H141NO5. The predicted molar refractivity (Wildman–Crippen MR) is 343 cm³/mol. The Kier molecular flexibility index (Phi) is 66.9. The standard InChI is InChI=1S/C72H141NO5/c1-3-5-7-9-11-13-15-17-19-33-38-42-46-50-54-58-62-66-72(77)78-67-63-59-55-51-47-43-39-35-32-30-28-26-24-22-20-21-23-25-27-29-31-34-37-41-45-49-53-57-61-65-71(76)73-69(68-74)70(75)64-60-56-52-48-44-40-36-18-16-14-12-10-8-6-4-2/h20,22,69-70,74-75H,3-19,21,23-68H2,1-2H3,(H,73,76)/b22-20-. The zero-order chi connectivity index (χ0) is 56.4. The number of allylic oxidation sites excluding steroid dienone is 2. The second-order valence-corrected chi connectivity index (χ2v) is 24.9. The lowest BCUT2D eigenvalue weighted by molar-refractivity contribution is -0.143. The Bertz CT molecular complexity index is 1180. The number of aliphatic hydroxyl groups is 2. The van der Waals surface area contributed by atoms with Crippen LogP contribution in [0.15, 0.2) is 12.2 Å². The summed E-state index contributed by atoms with van der Waals surface area (Å²) in [5.41, 5.74) is 0. The minimum absolute atomic E-state index is 0.0215. The fourth-order valence-corrected chi connectivity index (χ4v) is 11.6. The van der Waals surface area contributed by atoms with Crippen LogP contribution in [-0.4, -0.2) is 47.4 Å². The molecule has 0 aliphatic heterocycles. The average molecular weight is 1100 g/mol. The third kappa shape index (κ3) is 63.8. The fourth-order valence-electron chi connectivity index (χ4n) is 11.6. The van der Waals surface area contributed by atoms with E-state index >= 15 is 0 Å². The molecule has 0 fully saturated rings. The first-order valence-corrected chi connectivity index (χ1v) is 35.9. The minimum atomic E-state index is -0.663. The number of esters is 1. The molecule has 78 heavy (non-hydrogen) atoms. The van der Waals surface area contributed by atoms with E-state index in [2.05, 4.69) is 31.3 Å². The highest BCUT2D eigenvalue weighted by molar-refractivity contribution is 5.76. The number of aliphatic hydroxyl groups excluding tert-OH is 2. The van der Waals surface area contributed by atoms with Crippen molar-refractivity contribution in [1.29, 1.82) is 0 Å². The van der Waals surface area contributed by atoms with Gasteiger partial charge in [0.05, 0.1) is 25.4 Å². The van der Waals surface area contributed by atoms with Crippen molar-refractivity contribution in [2.45, 2.75) is 424 Å². The van der Waals surface area contributed by atoms with Crippen LogP contribution >= 0.6 is 0 Å². The molecule has 0 aromatic heterocycles. The van der Waals surface area contributed by atoms with E-state index in [1.165, 1.54) is 340 Å². The normalized spacial score (nSPS) is 12.5. The smallest absolute Gasteiger partial charge is 0.305 e. The number of hydrogen-bond acceptors (Lipinski definition) is 5. The third-order valence-electron chi connectivity index (χ3n) is 17.1. The Morgan fingerprint density at radius 2 is 0.603 bits per heavy atom. The number of nitrogens with one attached hydrogen (secondary N) is 1. The lowest BCUT2D eigenvalue weighted by Crippen LogP contribution is -2.45. The van der Waals surface area contributed by atoms with Gasteiger partial charge in [0, 0.05) is 12.8 Å². The lowest BCUT2D eigenvalue weighted by Gasteiger charge is -2.22. The van der Waals surface area contributed by atoms with E-state index in [1.54, 1.807) is 0 Å².